The number of carbonyl (C=O) groups excluding carboxylic acids is 3. The van der Waals surface area contributed by atoms with Crippen LogP contribution in [0.15, 0.2) is 59.1 Å². The summed E-state index contributed by atoms with van der Waals surface area (Å²) in [7, 11) is 1.68. The standard InChI is InChI=1S/C25H23IN6O4S/c1-30-20(23(36-29-30)28-22(34)15-5-3-2-4-6-15)14-31-19(24(35)32(25(31)37)18-11-12-18)13-21(33)27-17-9-7-16(26)8-10-17/h2-10,18-19H,11-14H2,1H3,(H-,27,28,29,33,34)/p+1. The number of halogens is 1. The Morgan fingerprint density at radius 1 is 1.14 bits per heavy atom. The minimum absolute atomic E-state index is 0.0558. The molecule has 0 radical (unpaired) electrons. The molecule has 2 aromatic carbocycles. The van der Waals surface area contributed by atoms with Crippen LogP contribution in [-0.4, -0.2) is 50.0 Å². The molecule has 5 rings (SSSR count). The number of thiocarbonyl (C=S) groups is 1. The Kier molecular flexibility index (Phi) is 7.20. The number of anilines is 2. The van der Waals surface area contributed by atoms with Crippen LogP contribution in [0.2, 0.25) is 0 Å². The number of nitrogens with one attached hydrogen (secondary N) is 2. The van der Waals surface area contributed by atoms with Crippen LogP contribution in [0.5, 0.6) is 0 Å². The van der Waals surface area contributed by atoms with Gasteiger partial charge in [0.05, 0.1) is 6.42 Å². The normalized spacial score (nSPS) is 17.3. The first-order valence-electron chi connectivity index (χ1n) is 11.7. The third-order valence-corrected chi connectivity index (χ3v) is 7.41. The largest absolute Gasteiger partial charge is 0.326 e. The summed E-state index contributed by atoms with van der Waals surface area (Å²) in [5, 5.41) is 9.92. The van der Waals surface area contributed by atoms with Crippen molar-refractivity contribution in [2.24, 2.45) is 7.05 Å². The van der Waals surface area contributed by atoms with Crippen molar-refractivity contribution in [1.29, 1.82) is 0 Å². The fourth-order valence-electron chi connectivity index (χ4n) is 4.17. The predicted octanol–water partition coefficient (Wildman–Crippen LogP) is 2.84. The van der Waals surface area contributed by atoms with Crippen LogP contribution in [0.4, 0.5) is 11.6 Å². The molecule has 1 unspecified atom stereocenters. The van der Waals surface area contributed by atoms with Crippen molar-refractivity contribution in [3.63, 3.8) is 0 Å². The lowest BCUT2D eigenvalue weighted by Gasteiger charge is -2.22. The highest BCUT2D eigenvalue weighted by atomic mass is 127. The number of benzene rings is 2. The Morgan fingerprint density at radius 3 is 2.51 bits per heavy atom. The number of hydrogen-bond donors (Lipinski definition) is 2. The molecule has 1 aromatic heterocycles. The molecule has 1 saturated heterocycles. The molecule has 2 N–H and O–H groups in total. The number of aromatic nitrogens is 2. The monoisotopic (exact) mass is 631 g/mol. The van der Waals surface area contributed by atoms with Gasteiger partial charge in [0.25, 0.3) is 17.5 Å². The number of nitrogens with zero attached hydrogens (tertiary/aromatic N) is 4. The smallest absolute Gasteiger partial charge is 0.307 e. The fourth-order valence-corrected chi connectivity index (χ4v) is 4.96. The second-order valence-corrected chi connectivity index (χ2v) is 10.5. The van der Waals surface area contributed by atoms with Gasteiger partial charge in [0, 0.05) is 20.9 Å². The molecular formula is C25H24IN6O4S+. The fraction of sp³-hybridized carbons (Fsp3) is 0.280. The number of aryl methyl sites for hydroxylation is 1. The van der Waals surface area contributed by atoms with E-state index in [1.54, 1.807) is 41.1 Å². The maximum Gasteiger partial charge on any atom is 0.307 e. The molecular weight excluding hydrogens is 607 g/mol. The summed E-state index contributed by atoms with van der Waals surface area (Å²) in [4.78, 5) is 42.4. The summed E-state index contributed by atoms with van der Waals surface area (Å²) >= 11 is 7.90. The third-order valence-electron chi connectivity index (χ3n) is 6.26. The summed E-state index contributed by atoms with van der Waals surface area (Å²) < 4.78 is 7.92. The molecule has 1 atom stereocenters. The Balaban J connectivity index is 1.36. The second kappa shape index (κ2) is 10.5. The van der Waals surface area contributed by atoms with E-state index in [-0.39, 0.29) is 42.6 Å². The minimum atomic E-state index is -0.787. The van der Waals surface area contributed by atoms with E-state index in [1.165, 1.54) is 4.68 Å². The van der Waals surface area contributed by atoms with E-state index in [4.69, 9.17) is 16.7 Å². The van der Waals surface area contributed by atoms with Crippen molar-refractivity contribution in [3.05, 3.63) is 69.4 Å². The molecule has 1 aliphatic heterocycles. The molecule has 2 aliphatic rings. The maximum atomic E-state index is 13.4. The van der Waals surface area contributed by atoms with Gasteiger partial charge in [-0.15, -0.1) is 0 Å². The second-order valence-electron chi connectivity index (χ2n) is 8.92. The van der Waals surface area contributed by atoms with Gasteiger partial charge in [-0.05, 0) is 88.7 Å². The first-order chi connectivity index (χ1) is 17.8. The van der Waals surface area contributed by atoms with Gasteiger partial charge in [0.1, 0.15) is 12.6 Å². The van der Waals surface area contributed by atoms with Crippen LogP contribution in [0.3, 0.4) is 0 Å². The summed E-state index contributed by atoms with van der Waals surface area (Å²) in [6, 6.07) is 15.4. The minimum Gasteiger partial charge on any atom is -0.326 e. The van der Waals surface area contributed by atoms with Crippen LogP contribution >= 0.6 is 34.8 Å². The molecule has 1 saturated carbocycles. The summed E-state index contributed by atoms with van der Waals surface area (Å²) in [5.41, 5.74) is 1.63. The average molecular weight is 631 g/mol. The zero-order valence-electron chi connectivity index (χ0n) is 19.9. The quantitative estimate of drug-likeness (QED) is 0.224. The number of hydrogen-bond acceptors (Lipinski definition) is 6. The van der Waals surface area contributed by atoms with E-state index in [2.05, 4.69) is 38.5 Å². The molecule has 37 heavy (non-hydrogen) atoms. The maximum absolute atomic E-state index is 13.4. The highest BCUT2D eigenvalue weighted by Crippen LogP contribution is 2.35. The molecule has 0 spiro atoms. The van der Waals surface area contributed by atoms with Gasteiger partial charge < -0.3 is 10.2 Å². The zero-order valence-corrected chi connectivity index (χ0v) is 22.9. The summed E-state index contributed by atoms with van der Waals surface area (Å²) in [5.74, 6) is -0.693. The molecule has 190 valence electrons. The van der Waals surface area contributed by atoms with Crippen molar-refractivity contribution in [2.45, 2.75) is 37.9 Å². The van der Waals surface area contributed by atoms with E-state index >= 15 is 0 Å². The lowest BCUT2D eigenvalue weighted by molar-refractivity contribution is -0.746. The molecule has 1 aliphatic carbocycles. The SMILES string of the molecule is C[n+]1noc(NC(=O)c2ccccc2)c1CN1C(=S)N(C2CC2)C(=O)C1CC(=O)Nc1ccc(I)cc1. The van der Waals surface area contributed by atoms with E-state index in [9.17, 15) is 14.4 Å². The first-order valence-corrected chi connectivity index (χ1v) is 13.2. The number of amides is 3. The van der Waals surface area contributed by atoms with E-state index in [0.717, 1.165) is 16.4 Å². The Hall–Kier alpha value is -3.39. The van der Waals surface area contributed by atoms with Gasteiger partial charge in [-0.25, -0.2) is 0 Å². The Morgan fingerprint density at radius 2 is 1.84 bits per heavy atom. The molecule has 0 bridgehead atoms. The summed E-state index contributed by atoms with van der Waals surface area (Å²) in [6.07, 6.45) is 1.68. The highest BCUT2D eigenvalue weighted by molar-refractivity contribution is 14.1. The Bertz CT molecular complexity index is 1360. The zero-order chi connectivity index (χ0) is 26.1. The molecule has 12 heteroatoms. The molecule has 2 fully saturated rings. The topological polar surface area (TPSA) is 112 Å². The molecule has 10 nitrogen and oxygen atoms in total. The third kappa shape index (κ3) is 5.49. The van der Waals surface area contributed by atoms with Gasteiger partial charge in [-0.1, -0.05) is 18.2 Å². The number of rotatable bonds is 8. The van der Waals surface area contributed by atoms with Crippen molar-refractivity contribution in [2.75, 3.05) is 10.6 Å². The lowest BCUT2D eigenvalue weighted by atomic mass is 10.1. The van der Waals surface area contributed by atoms with Crippen molar-refractivity contribution < 1.29 is 23.6 Å². The van der Waals surface area contributed by atoms with Gasteiger partial charge in [0.15, 0.2) is 12.2 Å². The van der Waals surface area contributed by atoms with Crippen molar-refractivity contribution in [3.8, 4) is 0 Å². The first kappa shape index (κ1) is 25.3. The van der Waals surface area contributed by atoms with Gasteiger partial charge in [-0.2, -0.15) is 0 Å². The van der Waals surface area contributed by atoms with Crippen LogP contribution in [-0.2, 0) is 23.2 Å². The number of carbonyl (C=O) groups is 3. The van der Waals surface area contributed by atoms with E-state index < -0.39 is 6.04 Å². The Labute approximate surface area is 232 Å². The van der Waals surface area contributed by atoms with E-state index in [1.807, 2.05) is 30.3 Å². The highest BCUT2D eigenvalue weighted by Gasteiger charge is 2.50. The van der Waals surface area contributed by atoms with Gasteiger partial charge in [-0.3, -0.25) is 29.1 Å². The van der Waals surface area contributed by atoms with Gasteiger partial charge in [0.2, 0.25) is 11.2 Å². The lowest BCUT2D eigenvalue weighted by Crippen LogP contribution is -2.43. The average Bonchev–Trinajstić information content (AvgIpc) is 3.62. The van der Waals surface area contributed by atoms with Gasteiger partial charge >= 0.3 is 5.88 Å². The van der Waals surface area contributed by atoms with Crippen LogP contribution in [0, 0.1) is 3.57 Å². The van der Waals surface area contributed by atoms with Crippen LogP contribution in [0.1, 0.15) is 35.3 Å². The molecule has 3 aromatic rings. The van der Waals surface area contributed by atoms with E-state index in [0.29, 0.717) is 22.1 Å². The van der Waals surface area contributed by atoms with Crippen LogP contribution < -0.4 is 15.3 Å². The molecule has 3 amide bonds. The van der Waals surface area contributed by atoms with Crippen molar-refractivity contribution >= 4 is 69.2 Å². The van der Waals surface area contributed by atoms with Crippen molar-refractivity contribution in [1.82, 2.24) is 15.1 Å². The predicted molar refractivity (Wildman–Crippen MR) is 146 cm³/mol. The summed E-state index contributed by atoms with van der Waals surface area (Å²) in [6.45, 7) is 0.125. The van der Waals surface area contributed by atoms with Crippen LogP contribution in [0.25, 0.3) is 0 Å². The molecule has 2 heterocycles.